The van der Waals surface area contributed by atoms with E-state index in [1.807, 2.05) is 37.3 Å². The van der Waals surface area contributed by atoms with E-state index >= 15 is 0 Å². The molecule has 0 aliphatic heterocycles. The molecular formula is C20H26N6O3. The van der Waals surface area contributed by atoms with Crippen LogP contribution in [0.1, 0.15) is 33.6 Å². The first-order valence-electron chi connectivity index (χ1n) is 9.41. The first-order valence-corrected chi connectivity index (χ1v) is 9.41. The van der Waals surface area contributed by atoms with Crippen molar-refractivity contribution in [1.29, 1.82) is 0 Å². The monoisotopic (exact) mass is 398 g/mol. The Morgan fingerprint density at radius 2 is 2.14 bits per heavy atom. The molecule has 2 aromatic heterocycles. The van der Waals surface area contributed by atoms with Crippen molar-refractivity contribution in [2.75, 3.05) is 12.4 Å². The molecular weight excluding hydrogens is 372 g/mol. The average Bonchev–Trinajstić information content (AvgIpc) is 3.08. The number of carbonyl (C=O) groups is 1. The van der Waals surface area contributed by atoms with E-state index in [1.165, 1.54) is 0 Å². The van der Waals surface area contributed by atoms with Crippen molar-refractivity contribution in [3.05, 3.63) is 36.5 Å². The number of urea groups is 1. The third kappa shape index (κ3) is 5.41. The number of rotatable bonds is 7. The van der Waals surface area contributed by atoms with Gasteiger partial charge >= 0.3 is 6.03 Å². The number of nitrogens with one attached hydrogen (secondary N) is 2. The second kappa shape index (κ2) is 8.44. The fourth-order valence-corrected chi connectivity index (χ4v) is 2.85. The minimum absolute atomic E-state index is 0.107. The Balaban J connectivity index is 1.74. The summed E-state index contributed by atoms with van der Waals surface area (Å²) < 4.78 is 6.85. The predicted octanol–water partition coefficient (Wildman–Crippen LogP) is 2.86. The summed E-state index contributed by atoms with van der Waals surface area (Å²) in [6.45, 7) is 5.37. The van der Waals surface area contributed by atoms with Crippen LogP contribution in [0.25, 0.3) is 17.0 Å². The number of fused-ring (bicyclic) bond motifs is 1. The fourth-order valence-electron chi connectivity index (χ4n) is 2.85. The van der Waals surface area contributed by atoms with Gasteiger partial charge in [0.15, 0.2) is 0 Å². The van der Waals surface area contributed by atoms with Gasteiger partial charge < -0.3 is 15.2 Å². The van der Waals surface area contributed by atoms with Gasteiger partial charge in [0.2, 0.25) is 0 Å². The third-order valence-corrected chi connectivity index (χ3v) is 4.40. The van der Waals surface area contributed by atoms with Gasteiger partial charge in [0, 0.05) is 17.8 Å². The molecule has 154 valence electrons. The SMILES string of the molecule is COc1cccc(-c2ccnc3nc(NC(=O)N[C@@H](C)CCC(C)(C)O)nn23)c1. The highest BCUT2D eigenvalue weighted by Crippen LogP contribution is 2.24. The molecule has 3 N–H and O–H groups in total. The van der Waals surface area contributed by atoms with Gasteiger partial charge in [-0.1, -0.05) is 12.1 Å². The lowest BCUT2D eigenvalue weighted by Crippen LogP contribution is -2.37. The van der Waals surface area contributed by atoms with E-state index in [0.29, 0.717) is 18.6 Å². The maximum absolute atomic E-state index is 12.3. The van der Waals surface area contributed by atoms with Crippen LogP contribution in [-0.4, -0.2) is 49.5 Å². The Morgan fingerprint density at radius 3 is 2.86 bits per heavy atom. The van der Waals surface area contributed by atoms with E-state index in [2.05, 4.69) is 25.7 Å². The Kier molecular flexibility index (Phi) is 5.97. The molecule has 0 unspecified atom stereocenters. The van der Waals surface area contributed by atoms with Crippen molar-refractivity contribution in [2.45, 2.75) is 45.3 Å². The number of aliphatic hydroxyl groups is 1. The van der Waals surface area contributed by atoms with Crippen LogP contribution in [0.2, 0.25) is 0 Å². The van der Waals surface area contributed by atoms with Gasteiger partial charge in [0.1, 0.15) is 5.75 Å². The third-order valence-electron chi connectivity index (χ3n) is 4.40. The second-order valence-corrected chi connectivity index (χ2v) is 7.56. The zero-order valence-corrected chi connectivity index (χ0v) is 17.0. The van der Waals surface area contributed by atoms with Crippen molar-refractivity contribution < 1.29 is 14.6 Å². The number of anilines is 1. The summed E-state index contributed by atoms with van der Waals surface area (Å²) in [4.78, 5) is 20.7. The lowest BCUT2D eigenvalue weighted by molar-refractivity contribution is 0.0663. The summed E-state index contributed by atoms with van der Waals surface area (Å²) in [5.41, 5.74) is 0.892. The Morgan fingerprint density at radius 1 is 1.34 bits per heavy atom. The first-order chi connectivity index (χ1) is 13.7. The Hall–Kier alpha value is -3.20. The van der Waals surface area contributed by atoms with Gasteiger partial charge in [0.05, 0.1) is 18.4 Å². The molecule has 9 nitrogen and oxygen atoms in total. The molecule has 9 heteroatoms. The van der Waals surface area contributed by atoms with Crippen LogP contribution in [0.4, 0.5) is 10.7 Å². The van der Waals surface area contributed by atoms with Crippen LogP contribution in [0.15, 0.2) is 36.5 Å². The van der Waals surface area contributed by atoms with Crippen molar-refractivity contribution in [2.24, 2.45) is 0 Å². The number of amides is 2. The topological polar surface area (TPSA) is 114 Å². The minimum atomic E-state index is -0.766. The molecule has 0 saturated carbocycles. The van der Waals surface area contributed by atoms with Gasteiger partial charge in [0.25, 0.3) is 11.7 Å². The molecule has 29 heavy (non-hydrogen) atoms. The van der Waals surface area contributed by atoms with Crippen LogP contribution in [0.5, 0.6) is 5.75 Å². The zero-order chi connectivity index (χ0) is 21.0. The van der Waals surface area contributed by atoms with Crippen molar-refractivity contribution in [3.8, 4) is 17.0 Å². The van der Waals surface area contributed by atoms with Gasteiger partial charge in [-0.2, -0.15) is 9.50 Å². The Bertz CT molecular complexity index is 995. The maximum Gasteiger partial charge on any atom is 0.321 e. The van der Waals surface area contributed by atoms with E-state index in [1.54, 1.807) is 31.7 Å². The van der Waals surface area contributed by atoms with E-state index in [4.69, 9.17) is 4.74 Å². The van der Waals surface area contributed by atoms with E-state index in [0.717, 1.165) is 17.0 Å². The second-order valence-electron chi connectivity index (χ2n) is 7.56. The van der Waals surface area contributed by atoms with E-state index in [9.17, 15) is 9.90 Å². The summed E-state index contributed by atoms with van der Waals surface area (Å²) in [6.07, 6.45) is 2.87. The highest BCUT2D eigenvalue weighted by Gasteiger charge is 2.17. The van der Waals surface area contributed by atoms with Crippen LogP contribution >= 0.6 is 0 Å². The molecule has 2 amide bonds. The Labute approximate surface area is 169 Å². The minimum Gasteiger partial charge on any atom is -0.497 e. The average molecular weight is 398 g/mol. The molecule has 0 spiro atoms. The number of aromatic nitrogens is 4. The van der Waals surface area contributed by atoms with E-state index < -0.39 is 11.6 Å². The lowest BCUT2D eigenvalue weighted by Gasteiger charge is -2.20. The highest BCUT2D eigenvalue weighted by molar-refractivity contribution is 5.87. The van der Waals surface area contributed by atoms with Gasteiger partial charge in [-0.15, -0.1) is 5.10 Å². The molecule has 3 rings (SSSR count). The molecule has 0 radical (unpaired) electrons. The van der Waals surface area contributed by atoms with Crippen LogP contribution in [-0.2, 0) is 0 Å². The van der Waals surface area contributed by atoms with Crippen LogP contribution in [0, 0.1) is 0 Å². The number of carbonyl (C=O) groups excluding carboxylic acids is 1. The zero-order valence-electron chi connectivity index (χ0n) is 17.0. The number of methoxy groups -OCH3 is 1. The molecule has 0 aliphatic rings. The van der Waals surface area contributed by atoms with Crippen molar-refractivity contribution in [1.82, 2.24) is 24.9 Å². The fraction of sp³-hybridized carbons (Fsp3) is 0.400. The molecule has 1 atom stereocenters. The highest BCUT2D eigenvalue weighted by atomic mass is 16.5. The first kappa shape index (κ1) is 20.5. The van der Waals surface area contributed by atoms with Crippen molar-refractivity contribution in [3.63, 3.8) is 0 Å². The smallest absolute Gasteiger partial charge is 0.321 e. The molecule has 1 aromatic carbocycles. The summed E-state index contributed by atoms with van der Waals surface area (Å²) >= 11 is 0. The standard InChI is InChI=1S/C20H26N6O3/c1-13(8-10-20(2,3)28)22-19(27)24-17-23-18-21-11-9-16(26(18)25-17)14-6-5-7-15(12-14)29-4/h5-7,9,11-13,28H,8,10H2,1-4H3,(H2,22,24,25,27)/t13-/m0/s1. The summed E-state index contributed by atoms with van der Waals surface area (Å²) in [7, 11) is 1.61. The van der Waals surface area contributed by atoms with Gasteiger partial charge in [-0.25, -0.2) is 9.78 Å². The predicted molar refractivity (Wildman–Crippen MR) is 110 cm³/mol. The summed E-state index contributed by atoms with van der Waals surface area (Å²) in [5, 5.41) is 19.6. The number of hydrogen-bond donors (Lipinski definition) is 3. The molecule has 2 heterocycles. The summed E-state index contributed by atoms with van der Waals surface area (Å²) in [6, 6.07) is 8.87. The lowest BCUT2D eigenvalue weighted by atomic mass is 10.00. The molecule has 0 fully saturated rings. The van der Waals surface area contributed by atoms with Crippen LogP contribution in [0.3, 0.4) is 0 Å². The number of hydrogen-bond acceptors (Lipinski definition) is 6. The number of nitrogens with zero attached hydrogens (tertiary/aromatic N) is 4. The van der Waals surface area contributed by atoms with Crippen molar-refractivity contribution >= 4 is 17.8 Å². The molecule has 0 bridgehead atoms. The van der Waals surface area contributed by atoms with E-state index in [-0.39, 0.29) is 12.0 Å². The van der Waals surface area contributed by atoms with Gasteiger partial charge in [-0.3, -0.25) is 5.32 Å². The molecule has 3 aromatic rings. The largest absolute Gasteiger partial charge is 0.497 e. The quantitative estimate of drug-likeness (QED) is 0.564. The molecule has 0 saturated heterocycles. The summed E-state index contributed by atoms with van der Waals surface area (Å²) in [5.74, 6) is 1.25. The maximum atomic E-state index is 12.3. The number of benzene rings is 1. The number of ether oxygens (including phenoxy) is 1. The van der Waals surface area contributed by atoms with Crippen LogP contribution < -0.4 is 15.4 Å². The normalized spacial score (nSPS) is 12.6. The molecule has 0 aliphatic carbocycles. The van der Waals surface area contributed by atoms with Gasteiger partial charge in [-0.05, 0) is 51.8 Å².